The molecule has 0 fully saturated rings. The van der Waals surface area contributed by atoms with E-state index in [1.54, 1.807) is 0 Å². The van der Waals surface area contributed by atoms with Gasteiger partial charge in [0.25, 0.3) is 0 Å². The van der Waals surface area contributed by atoms with E-state index in [0.29, 0.717) is 0 Å². The van der Waals surface area contributed by atoms with Gasteiger partial charge in [0.2, 0.25) is 0 Å². The number of carbonyl (C=O) groups is 1. The van der Waals surface area contributed by atoms with Crippen LogP contribution in [0.2, 0.25) is 5.02 Å². The van der Waals surface area contributed by atoms with Crippen molar-refractivity contribution >= 4 is 17.9 Å². The van der Waals surface area contributed by atoms with Crippen LogP contribution in [-0.2, 0) is 11.2 Å². The van der Waals surface area contributed by atoms with Crippen molar-refractivity contribution in [2.75, 3.05) is 0 Å². The Bertz CT molecular complexity index is 676. The number of fused-ring (bicyclic) bond motifs is 1. The number of hydrogen-bond acceptors (Lipinski definition) is 2. The van der Waals surface area contributed by atoms with Gasteiger partial charge in [0.1, 0.15) is 6.29 Å². The molecule has 3 heteroatoms. The van der Waals surface area contributed by atoms with Gasteiger partial charge >= 0.3 is 0 Å². The van der Waals surface area contributed by atoms with Gasteiger partial charge in [-0.1, -0.05) is 43.6 Å². The van der Waals surface area contributed by atoms with Gasteiger partial charge in [-0.2, -0.15) is 0 Å². The van der Waals surface area contributed by atoms with E-state index in [9.17, 15) is 4.79 Å². The summed E-state index contributed by atoms with van der Waals surface area (Å²) in [6.07, 6.45) is 2.86. The number of nitrogens with zero attached hydrogens (tertiary/aromatic N) is 1. The smallest absolute Gasteiger partial charge is 0.127 e. The zero-order valence-electron chi connectivity index (χ0n) is 12.3. The van der Waals surface area contributed by atoms with Crippen molar-refractivity contribution in [1.82, 2.24) is 4.98 Å². The molecule has 0 amide bonds. The van der Waals surface area contributed by atoms with Crippen LogP contribution in [-0.4, -0.2) is 11.3 Å². The summed E-state index contributed by atoms with van der Waals surface area (Å²) in [6, 6.07) is 11.7. The number of rotatable bonds is 2. The molecule has 0 saturated heterocycles. The highest BCUT2D eigenvalue weighted by atomic mass is 35.5. The van der Waals surface area contributed by atoms with Crippen molar-refractivity contribution in [2.45, 2.75) is 32.6 Å². The molecule has 1 aliphatic carbocycles. The largest absolute Gasteiger partial charge is 0.303 e. The Morgan fingerprint density at radius 2 is 1.90 bits per heavy atom. The monoisotopic (exact) mass is 299 g/mol. The van der Waals surface area contributed by atoms with Crippen molar-refractivity contribution in [3.63, 3.8) is 0 Å². The summed E-state index contributed by atoms with van der Waals surface area (Å²) in [5.74, 6) is -0.0319. The van der Waals surface area contributed by atoms with Crippen molar-refractivity contribution in [1.29, 1.82) is 0 Å². The molecule has 1 aromatic carbocycles. The van der Waals surface area contributed by atoms with Gasteiger partial charge in [-0.15, -0.1) is 0 Å². The first-order chi connectivity index (χ1) is 9.98. The molecule has 0 bridgehead atoms. The predicted molar refractivity (Wildman–Crippen MR) is 85.6 cm³/mol. The number of pyridine rings is 1. The van der Waals surface area contributed by atoms with E-state index in [4.69, 9.17) is 16.6 Å². The van der Waals surface area contributed by atoms with Crippen LogP contribution in [0, 0.1) is 5.41 Å². The number of aromatic nitrogens is 1. The highest BCUT2D eigenvalue weighted by Crippen LogP contribution is 2.41. The second-order valence-electron chi connectivity index (χ2n) is 6.53. The third-order valence-electron chi connectivity index (χ3n) is 4.13. The summed E-state index contributed by atoms with van der Waals surface area (Å²) in [6.45, 7) is 4.40. The average Bonchev–Trinajstić information content (AvgIpc) is 2.45. The highest BCUT2D eigenvalue weighted by Gasteiger charge is 2.33. The second-order valence-corrected chi connectivity index (χ2v) is 6.96. The van der Waals surface area contributed by atoms with Gasteiger partial charge in [-0.05, 0) is 42.0 Å². The Labute approximate surface area is 130 Å². The van der Waals surface area contributed by atoms with Gasteiger partial charge < -0.3 is 4.79 Å². The quantitative estimate of drug-likeness (QED) is 0.755. The summed E-state index contributed by atoms with van der Waals surface area (Å²) in [7, 11) is 0. The van der Waals surface area contributed by atoms with Crippen LogP contribution in [0.3, 0.4) is 0 Å². The van der Waals surface area contributed by atoms with E-state index in [2.05, 4.69) is 19.9 Å². The Kier molecular flexibility index (Phi) is 3.58. The van der Waals surface area contributed by atoms with Gasteiger partial charge in [0.05, 0.1) is 5.69 Å². The molecule has 2 aromatic rings. The number of aldehydes is 1. The molecule has 0 saturated carbocycles. The first-order valence-electron chi connectivity index (χ1n) is 7.19. The molecular formula is C18H18ClNO. The summed E-state index contributed by atoms with van der Waals surface area (Å²) in [4.78, 5) is 16.2. The molecule has 0 radical (unpaired) electrons. The lowest BCUT2D eigenvalue weighted by Gasteiger charge is -2.34. The maximum absolute atomic E-state index is 11.4. The summed E-state index contributed by atoms with van der Waals surface area (Å²) < 4.78 is 0. The molecule has 21 heavy (non-hydrogen) atoms. The van der Waals surface area contributed by atoms with Crippen molar-refractivity contribution < 1.29 is 4.79 Å². The zero-order chi connectivity index (χ0) is 15.0. The van der Waals surface area contributed by atoms with Crippen LogP contribution in [0.5, 0.6) is 0 Å². The molecule has 1 heterocycles. The highest BCUT2D eigenvalue weighted by molar-refractivity contribution is 6.30. The molecule has 0 N–H and O–H groups in total. The van der Waals surface area contributed by atoms with E-state index in [-0.39, 0.29) is 11.3 Å². The van der Waals surface area contributed by atoms with E-state index < -0.39 is 0 Å². The Morgan fingerprint density at radius 3 is 2.57 bits per heavy atom. The molecule has 1 aliphatic rings. The molecule has 0 aliphatic heterocycles. The number of benzene rings is 1. The average molecular weight is 300 g/mol. The van der Waals surface area contributed by atoms with E-state index in [1.807, 2.05) is 30.3 Å². The first-order valence-corrected chi connectivity index (χ1v) is 7.57. The third kappa shape index (κ3) is 2.86. The molecular weight excluding hydrogens is 282 g/mol. The van der Waals surface area contributed by atoms with Crippen molar-refractivity contribution in [3.05, 3.63) is 52.7 Å². The van der Waals surface area contributed by atoms with Crippen LogP contribution in [0.1, 0.15) is 37.4 Å². The van der Waals surface area contributed by atoms with Crippen LogP contribution >= 0.6 is 11.6 Å². The van der Waals surface area contributed by atoms with Crippen molar-refractivity contribution in [2.24, 2.45) is 5.41 Å². The van der Waals surface area contributed by atoms with Crippen LogP contribution in [0.25, 0.3) is 11.3 Å². The van der Waals surface area contributed by atoms with Crippen LogP contribution in [0.15, 0.2) is 36.4 Å². The fourth-order valence-electron chi connectivity index (χ4n) is 3.12. The fraction of sp³-hybridized carbons (Fsp3) is 0.333. The van der Waals surface area contributed by atoms with Gasteiger partial charge in [0, 0.05) is 22.2 Å². The number of carbonyl (C=O) groups excluding carboxylic acids is 1. The van der Waals surface area contributed by atoms with Crippen LogP contribution < -0.4 is 0 Å². The SMILES string of the molecule is CC1(C)Cc2nc(-c3ccc(Cl)cc3)ccc2C(C=O)C1. The molecule has 1 atom stereocenters. The Morgan fingerprint density at radius 1 is 1.19 bits per heavy atom. The fourth-order valence-corrected chi connectivity index (χ4v) is 3.25. The van der Waals surface area contributed by atoms with E-state index in [1.165, 1.54) is 0 Å². The minimum atomic E-state index is -0.0319. The Balaban J connectivity index is 2.04. The second kappa shape index (κ2) is 5.27. The molecule has 2 nitrogen and oxygen atoms in total. The molecule has 1 aromatic heterocycles. The summed E-state index contributed by atoms with van der Waals surface area (Å²) in [5, 5.41) is 0.721. The first kappa shape index (κ1) is 14.3. The normalized spacial score (nSPS) is 19.9. The lowest BCUT2D eigenvalue weighted by molar-refractivity contribution is -0.109. The zero-order valence-corrected chi connectivity index (χ0v) is 13.0. The minimum absolute atomic E-state index is 0.0319. The van der Waals surface area contributed by atoms with Gasteiger partial charge in [-0.3, -0.25) is 4.98 Å². The minimum Gasteiger partial charge on any atom is -0.303 e. The van der Waals surface area contributed by atoms with E-state index >= 15 is 0 Å². The maximum atomic E-state index is 11.4. The van der Waals surface area contributed by atoms with E-state index in [0.717, 1.165) is 46.7 Å². The predicted octanol–water partition coefficient (Wildman–Crippen LogP) is 4.66. The molecule has 0 spiro atoms. The number of halogens is 1. The lowest BCUT2D eigenvalue weighted by atomic mass is 9.71. The molecule has 1 unspecified atom stereocenters. The van der Waals surface area contributed by atoms with Crippen LogP contribution in [0.4, 0.5) is 0 Å². The topological polar surface area (TPSA) is 30.0 Å². The van der Waals surface area contributed by atoms with Gasteiger partial charge in [-0.25, -0.2) is 0 Å². The third-order valence-corrected chi connectivity index (χ3v) is 4.38. The van der Waals surface area contributed by atoms with Crippen molar-refractivity contribution in [3.8, 4) is 11.3 Å². The molecule has 108 valence electrons. The lowest BCUT2D eigenvalue weighted by Crippen LogP contribution is -2.27. The number of hydrogen-bond donors (Lipinski definition) is 0. The maximum Gasteiger partial charge on any atom is 0.127 e. The Hall–Kier alpha value is -1.67. The summed E-state index contributed by atoms with van der Waals surface area (Å²) in [5.41, 5.74) is 4.24. The van der Waals surface area contributed by atoms with Gasteiger partial charge in [0.15, 0.2) is 0 Å². The summed E-state index contributed by atoms with van der Waals surface area (Å²) >= 11 is 5.93. The standard InChI is InChI=1S/C18H18ClNO/c1-18(2)9-13(11-21)15-7-8-16(20-17(15)10-18)12-3-5-14(19)6-4-12/h3-8,11,13H,9-10H2,1-2H3. The molecule has 3 rings (SSSR count).